The second kappa shape index (κ2) is 9.07. The SMILES string of the molecule is O=C1CCCN1c1ccc(C=CC(=O)N2CCCC2c2ccc3c(c2)OCCCO3)cc1. The molecule has 3 heterocycles. The molecule has 0 N–H and O–H groups in total. The number of anilines is 1. The van der Waals surface area contributed by atoms with E-state index in [-0.39, 0.29) is 17.9 Å². The van der Waals surface area contributed by atoms with Crippen molar-refractivity contribution in [2.45, 2.75) is 38.1 Å². The number of rotatable bonds is 4. The second-order valence-corrected chi connectivity index (χ2v) is 8.52. The van der Waals surface area contributed by atoms with Gasteiger partial charge in [0, 0.05) is 37.7 Å². The van der Waals surface area contributed by atoms with E-state index in [4.69, 9.17) is 9.47 Å². The highest BCUT2D eigenvalue weighted by atomic mass is 16.5. The Kier molecular flexibility index (Phi) is 5.84. The molecule has 0 bridgehead atoms. The van der Waals surface area contributed by atoms with E-state index >= 15 is 0 Å². The minimum atomic E-state index is 0.0124. The molecule has 0 spiro atoms. The fraction of sp³-hybridized carbons (Fsp3) is 0.385. The number of hydrogen-bond acceptors (Lipinski definition) is 4. The predicted molar refractivity (Wildman–Crippen MR) is 123 cm³/mol. The maximum Gasteiger partial charge on any atom is 0.247 e. The molecule has 1 unspecified atom stereocenters. The van der Waals surface area contributed by atoms with Gasteiger partial charge in [-0.15, -0.1) is 0 Å². The highest BCUT2D eigenvalue weighted by Crippen LogP contribution is 2.38. The smallest absolute Gasteiger partial charge is 0.247 e. The topological polar surface area (TPSA) is 59.1 Å². The third kappa shape index (κ3) is 4.22. The van der Waals surface area contributed by atoms with Crippen LogP contribution in [0.3, 0.4) is 0 Å². The maximum atomic E-state index is 13.0. The van der Waals surface area contributed by atoms with Gasteiger partial charge in [0.25, 0.3) is 0 Å². The molecule has 0 aliphatic carbocycles. The predicted octanol–water partition coefficient (Wildman–Crippen LogP) is 4.35. The molecule has 0 saturated carbocycles. The van der Waals surface area contributed by atoms with E-state index in [0.717, 1.165) is 67.1 Å². The Morgan fingerprint density at radius 1 is 0.938 bits per heavy atom. The zero-order chi connectivity index (χ0) is 21.9. The molecule has 1 atom stereocenters. The lowest BCUT2D eigenvalue weighted by Crippen LogP contribution is -2.28. The maximum absolute atomic E-state index is 13.0. The molecule has 2 saturated heterocycles. The highest BCUT2D eigenvalue weighted by Gasteiger charge is 2.29. The van der Waals surface area contributed by atoms with Crippen LogP contribution in [0, 0.1) is 0 Å². The van der Waals surface area contributed by atoms with Crippen LogP contribution in [0.1, 0.15) is 49.3 Å². The lowest BCUT2D eigenvalue weighted by Gasteiger charge is -2.24. The van der Waals surface area contributed by atoms with Crippen molar-refractivity contribution >= 4 is 23.6 Å². The third-order valence-electron chi connectivity index (χ3n) is 6.39. The highest BCUT2D eigenvalue weighted by molar-refractivity contribution is 5.95. The summed E-state index contributed by atoms with van der Waals surface area (Å²) in [5.41, 5.74) is 2.96. The summed E-state index contributed by atoms with van der Waals surface area (Å²) >= 11 is 0. The van der Waals surface area contributed by atoms with Crippen LogP contribution in [-0.2, 0) is 9.59 Å². The third-order valence-corrected chi connectivity index (χ3v) is 6.39. The zero-order valence-corrected chi connectivity index (χ0v) is 18.2. The first kappa shape index (κ1) is 20.6. The van der Waals surface area contributed by atoms with Crippen molar-refractivity contribution in [1.82, 2.24) is 4.90 Å². The second-order valence-electron chi connectivity index (χ2n) is 8.52. The zero-order valence-electron chi connectivity index (χ0n) is 18.2. The lowest BCUT2D eigenvalue weighted by atomic mass is 10.0. The van der Waals surface area contributed by atoms with Gasteiger partial charge in [-0.25, -0.2) is 0 Å². The Hall–Kier alpha value is -3.28. The van der Waals surface area contributed by atoms with Crippen LogP contribution in [-0.4, -0.2) is 43.0 Å². The lowest BCUT2D eigenvalue weighted by molar-refractivity contribution is -0.126. The summed E-state index contributed by atoms with van der Waals surface area (Å²) in [6, 6.07) is 13.9. The quantitative estimate of drug-likeness (QED) is 0.674. The molecule has 3 aliphatic heterocycles. The molecule has 166 valence electrons. The minimum absolute atomic E-state index is 0.0124. The van der Waals surface area contributed by atoms with Gasteiger partial charge in [-0.2, -0.15) is 0 Å². The molecule has 5 rings (SSSR count). The summed E-state index contributed by atoms with van der Waals surface area (Å²) in [4.78, 5) is 28.7. The molecule has 0 radical (unpaired) electrons. The number of fused-ring (bicyclic) bond motifs is 1. The van der Waals surface area contributed by atoms with Crippen LogP contribution in [0.25, 0.3) is 6.08 Å². The standard InChI is InChI=1S/C26H28N2O4/c29-25-5-2-14-27(25)21-10-6-19(7-11-21)8-13-26(30)28-15-1-4-22(28)20-9-12-23-24(18-20)32-17-3-16-31-23/h6-13,18,22H,1-5,14-17H2. The van der Waals surface area contributed by atoms with Gasteiger partial charge in [0.05, 0.1) is 19.3 Å². The van der Waals surface area contributed by atoms with E-state index in [9.17, 15) is 9.59 Å². The van der Waals surface area contributed by atoms with Crippen molar-refractivity contribution in [3.63, 3.8) is 0 Å². The van der Waals surface area contributed by atoms with Crippen molar-refractivity contribution in [1.29, 1.82) is 0 Å². The molecule has 6 nitrogen and oxygen atoms in total. The summed E-state index contributed by atoms with van der Waals surface area (Å²) < 4.78 is 11.6. The van der Waals surface area contributed by atoms with E-state index in [0.29, 0.717) is 19.6 Å². The van der Waals surface area contributed by atoms with Gasteiger partial charge < -0.3 is 19.3 Å². The number of carbonyl (C=O) groups excluding carboxylic acids is 2. The molecular formula is C26H28N2O4. The van der Waals surface area contributed by atoms with Gasteiger partial charge in [-0.05, 0) is 60.7 Å². The Bertz CT molecular complexity index is 1030. The van der Waals surface area contributed by atoms with Crippen molar-refractivity contribution in [2.24, 2.45) is 0 Å². The van der Waals surface area contributed by atoms with E-state index < -0.39 is 0 Å². The summed E-state index contributed by atoms with van der Waals surface area (Å²) in [5.74, 6) is 1.74. The van der Waals surface area contributed by atoms with Gasteiger partial charge >= 0.3 is 0 Å². The minimum Gasteiger partial charge on any atom is -0.490 e. The first-order chi connectivity index (χ1) is 15.7. The first-order valence-corrected chi connectivity index (χ1v) is 11.5. The van der Waals surface area contributed by atoms with Gasteiger partial charge in [0.1, 0.15) is 0 Å². The molecule has 2 aromatic carbocycles. The first-order valence-electron chi connectivity index (χ1n) is 11.5. The molecule has 2 aromatic rings. The number of benzene rings is 2. The van der Waals surface area contributed by atoms with Crippen LogP contribution >= 0.6 is 0 Å². The average Bonchev–Trinajstić information content (AvgIpc) is 3.41. The van der Waals surface area contributed by atoms with Crippen LogP contribution in [0.2, 0.25) is 0 Å². The fourth-order valence-corrected chi connectivity index (χ4v) is 4.71. The molecule has 0 aromatic heterocycles. The molecular weight excluding hydrogens is 404 g/mol. The van der Waals surface area contributed by atoms with Gasteiger partial charge in [-0.1, -0.05) is 18.2 Å². The number of ether oxygens (including phenoxy) is 2. The molecule has 2 amide bonds. The monoisotopic (exact) mass is 432 g/mol. The van der Waals surface area contributed by atoms with Crippen molar-refractivity contribution in [3.05, 3.63) is 59.7 Å². The summed E-state index contributed by atoms with van der Waals surface area (Å²) in [6.07, 6.45) is 7.83. The van der Waals surface area contributed by atoms with E-state index in [1.54, 1.807) is 6.08 Å². The van der Waals surface area contributed by atoms with E-state index in [1.165, 1.54) is 0 Å². The van der Waals surface area contributed by atoms with Crippen molar-refractivity contribution in [3.8, 4) is 11.5 Å². The normalized spacial score (nSPS) is 20.8. The Morgan fingerprint density at radius 2 is 1.75 bits per heavy atom. The molecule has 2 fully saturated rings. The fourth-order valence-electron chi connectivity index (χ4n) is 4.71. The molecule has 3 aliphatic rings. The van der Waals surface area contributed by atoms with E-state index in [2.05, 4.69) is 0 Å². The summed E-state index contributed by atoms with van der Waals surface area (Å²) in [7, 11) is 0. The Labute approximate surface area is 188 Å². The van der Waals surface area contributed by atoms with Crippen LogP contribution in [0.15, 0.2) is 48.5 Å². The van der Waals surface area contributed by atoms with Crippen LogP contribution in [0.4, 0.5) is 5.69 Å². The van der Waals surface area contributed by atoms with Gasteiger partial charge in [-0.3, -0.25) is 9.59 Å². The number of likely N-dealkylation sites (tertiary alicyclic amines) is 1. The number of carbonyl (C=O) groups is 2. The van der Waals surface area contributed by atoms with Crippen LogP contribution in [0.5, 0.6) is 11.5 Å². The molecule has 6 heteroatoms. The Morgan fingerprint density at radius 3 is 2.53 bits per heavy atom. The largest absolute Gasteiger partial charge is 0.490 e. The van der Waals surface area contributed by atoms with Gasteiger partial charge in [0.2, 0.25) is 11.8 Å². The Balaban J connectivity index is 1.27. The van der Waals surface area contributed by atoms with Crippen LogP contribution < -0.4 is 14.4 Å². The average molecular weight is 433 g/mol. The number of amides is 2. The summed E-state index contributed by atoms with van der Waals surface area (Å²) in [6.45, 7) is 2.85. The van der Waals surface area contributed by atoms with E-state index in [1.807, 2.05) is 58.3 Å². The van der Waals surface area contributed by atoms with Crippen molar-refractivity contribution < 1.29 is 19.1 Å². The molecule has 32 heavy (non-hydrogen) atoms. The number of hydrogen-bond donors (Lipinski definition) is 0. The van der Waals surface area contributed by atoms with Crippen molar-refractivity contribution in [2.75, 3.05) is 31.2 Å². The number of nitrogens with zero attached hydrogens (tertiary/aromatic N) is 2. The summed E-state index contributed by atoms with van der Waals surface area (Å²) in [5, 5.41) is 0. The van der Waals surface area contributed by atoms with Gasteiger partial charge in [0.15, 0.2) is 11.5 Å².